The van der Waals surface area contributed by atoms with Gasteiger partial charge in [0.1, 0.15) is 18.1 Å². The van der Waals surface area contributed by atoms with E-state index in [1.807, 2.05) is 0 Å². The van der Waals surface area contributed by atoms with Crippen LogP contribution in [0, 0.1) is 10.1 Å². The first-order valence-electron chi connectivity index (χ1n) is 4.86. The van der Waals surface area contributed by atoms with E-state index in [0.29, 0.717) is 11.5 Å². The predicted molar refractivity (Wildman–Crippen MR) is 60.5 cm³/mol. The second-order valence-corrected chi connectivity index (χ2v) is 3.35. The number of ether oxygens (including phenoxy) is 1. The van der Waals surface area contributed by atoms with Crippen LogP contribution in [0.3, 0.4) is 0 Å². The zero-order valence-electron chi connectivity index (χ0n) is 8.83. The molecule has 0 saturated heterocycles. The molecule has 0 saturated carbocycles. The van der Waals surface area contributed by atoms with Gasteiger partial charge in [0.05, 0.1) is 16.9 Å². The first kappa shape index (κ1) is 11.0. The minimum absolute atomic E-state index is 0.0622. The second-order valence-electron chi connectivity index (χ2n) is 3.35. The highest BCUT2D eigenvalue weighted by Gasteiger charge is 2.09. The van der Waals surface area contributed by atoms with Gasteiger partial charge in [0, 0.05) is 12.1 Å². The number of nitro groups is 1. The van der Waals surface area contributed by atoms with E-state index in [4.69, 9.17) is 14.9 Å². The van der Waals surface area contributed by atoms with E-state index in [-0.39, 0.29) is 18.0 Å². The molecule has 0 atom stereocenters. The molecule has 0 amide bonds. The third kappa shape index (κ3) is 2.54. The average Bonchev–Trinajstić information content (AvgIpc) is 2.80. The highest BCUT2D eigenvalue weighted by molar-refractivity contribution is 5.58. The number of hydrogen-bond acceptors (Lipinski definition) is 5. The third-order valence-corrected chi connectivity index (χ3v) is 2.15. The van der Waals surface area contributed by atoms with Gasteiger partial charge in [-0.2, -0.15) is 0 Å². The Bertz CT molecular complexity index is 522. The minimum Gasteiger partial charge on any atom is -0.483 e. The van der Waals surface area contributed by atoms with Gasteiger partial charge < -0.3 is 14.9 Å². The summed E-state index contributed by atoms with van der Waals surface area (Å²) in [6.45, 7) is 0.231. The predicted octanol–water partition coefficient (Wildman–Crippen LogP) is 2.35. The maximum absolute atomic E-state index is 10.5. The molecule has 0 bridgehead atoms. The Morgan fingerprint density at radius 3 is 2.82 bits per heavy atom. The topological polar surface area (TPSA) is 91.5 Å². The fourth-order valence-electron chi connectivity index (χ4n) is 1.32. The molecule has 1 heterocycles. The van der Waals surface area contributed by atoms with Crippen molar-refractivity contribution in [2.45, 2.75) is 6.61 Å². The van der Waals surface area contributed by atoms with E-state index in [1.54, 1.807) is 12.1 Å². The zero-order chi connectivity index (χ0) is 12.3. The fourth-order valence-corrected chi connectivity index (χ4v) is 1.32. The van der Waals surface area contributed by atoms with Gasteiger partial charge in [0.2, 0.25) is 0 Å². The van der Waals surface area contributed by atoms with Crippen LogP contribution in [0.2, 0.25) is 0 Å². The second kappa shape index (κ2) is 4.56. The van der Waals surface area contributed by atoms with Crippen LogP contribution in [0.25, 0.3) is 0 Å². The molecule has 0 unspecified atom stereocenters. The summed E-state index contributed by atoms with van der Waals surface area (Å²) in [5.41, 5.74) is 5.80. The molecule has 0 aliphatic carbocycles. The molecule has 88 valence electrons. The number of hydrogen-bond donors (Lipinski definition) is 1. The lowest BCUT2D eigenvalue weighted by Gasteiger charge is -2.06. The van der Waals surface area contributed by atoms with Crippen LogP contribution in [0.15, 0.2) is 41.0 Å². The van der Waals surface area contributed by atoms with Crippen molar-refractivity contribution in [1.82, 2.24) is 0 Å². The Hall–Kier alpha value is -2.50. The molecule has 0 aliphatic rings. The van der Waals surface area contributed by atoms with Crippen LogP contribution in [0.5, 0.6) is 5.75 Å². The Kier molecular flexibility index (Phi) is 2.95. The van der Waals surface area contributed by atoms with Gasteiger partial charge in [-0.1, -0.05) is 0 Å². The van der Waals surface area contributed by atoms with Gasteiger partial charge in [0.25, 0.3) is 5.69 Å². The van der Waals surface area contributed by atoms with E-state index in [2.05, 4.69) is 0 Å². The summed E-state index contributed by atoms with van der Waals surface area (Å²) in [5.74, 6) is 1.05. The Labute approximate surface area is 96.8 Å². The van der Waals surface area contributed by atoms with Gasteiger partial charge in [0.15, 0.2) is 0 Å². The lowest BCUT2D eigenvalue weighted by atomic mass is 10.2. The molecular formula is C11H10N2O4. The number of nitrogen functional groups attached to an aromatic ring is 1. The minimum atomic E-state index is -0.507. The number of nitrogens with two attached hydrogens (primary N) is 1. The number of furan rings is 1. The Morgan fingerprint density at radius 1 is 1.41 bits per heavy atom. The fraction of sp³-hybridized carbons (Fsp3) is 0.0909. The maximum atomic E-state index is 10.5. The van der Waals surface area contributed by atoms with Crippen molar-refractivity contribution in [2.75, 3.05) is 5.73 Å². The largest absolute Gasteiger partial charge is 0.483 e. The number of nitro benzene ring substituents is 1. The van der Waals surface area contributed by atoms with E-state index in [9.17, 15) is 10.1 Å². The number of nitrogens with zero attached hydrogens (tertiary/aromatic N) is 1. The van der Waals surface area contributed by atoms with Crippen molar-refractivity contribution in [3.8, 4) is 5.75 Å². The van der Waals surface area contributed by atoms with Gasteiger partial charge in [-0.05, 0) is 18.2 Å². The summed E-state index contributed by atoms with van der Waals surface area (Å²) in [6, 6.07) is 7.58. The summed E-state index contributed by atoms with van der Waals surface area (Å²) in [4.78, 5) is 10.00. The lowest BCUT2D eigenvalue weighted by Crippen LogP contribution is -1.99. The van der Waals surface area contributed by atoms with Crippen molar-refractivity contribution < 1.29 is 14.1 Å². The van der Waals surface area contributed by atoms with Crippen molar-refractivity contribution in [3.63, 3.8) is 0 Å². The number of rotatable bonds is 4. The van der Waals surface area contributed by atoms with E-state index in [0.717, 1.165) is 0 Å². The number of anilines is 1. The summed E-state index contributed by atoms with van der Waals surface area (Å²) < 4.78 is 10.5. The molecular weight excluding hydrogens is 224 g/mol. The molecule has 6 nitrogen and oxygen atoms in total. The van der Waals surface area contributed by atoms with Gasteiger partial charge in [-0.15, -0.1) is 0 Å². The van der Waals surface area contributed by atoms with Crippen LogP contribution in [0.4, 0.5) is 11.4 Å². The van der Waals surface area contributed by atoms with Crippen LogP contribution in [-0.2, 0) is 6.61 Å². The molecule has 0 spiro atoms. The summed E-state index contributed by atoms with van der Waals surface area (Å²) in [5, 5.41) is 10.5. The molecule has 1 aromatic heterocycles. The first-order chi connectivity index (χ1) is 8.16. The molecule has 2 N–H and O–H groups in total. The molecule has 0 aliphatic heterocycles. The number of benzene rings is 1. The van der Waals surface area contributed by atoms with Crippen molar-refractivity contribution in [3.05, 3.63) is 52.5 Å². The lowest BCUT2D eigenvalue weighted by molar-refractivity contribution is -0.384. The van der Waals surface area contributed by atoms with Crippen LogP contribution in [-0.4, -0.2) is 4.92 Å². The molecule has 1 aromatic carbocycles. The van der Waals surface area contributed by atoms with Gasteiger partial charge in [-0.25, -0.2) is 0 Å². The molecule has 17 heavy (non-hydrogen) atoms. The van der Waals surface area contributed by atoms with Crippen LogP contribution in [0.1, 0.15) is 5.76 Å². The smallest absolute Gasteiger partial charge is 0.271 e. The normalized spacial score (nSPS) is 10.1. The standard InChI is InChI=1S/C11H10N2O4/c12-10-6-8(13(14)15)3-4-11(10)17-7-9-2-1-5-16-9/h1-6H,7,12H2. The van der Waals surface area contributed by atoms with Gasteiger partial charge >= 0.3 is 0 Å². The van der Waals surface area contributed by atoms with Crippen molar-refractivity contribution >= 4 is 11.4 Å². The Morgan fingerprint density at radius 2 is 2.24 bits per heavy atom. The summed E-state index contributed by atoms with van der Waals surface area (Å²) in [6.07, 6.45) is 1.54. The Balaban J connectivity index is 2.09. The van der Waals surface area contributed by atoms with E-state index < -0.39 is 4.92 Å². The number of non-ortho nitro benzene ring substituents is 1. The summed E-state index contributed by atoms with van der Waals surface area (Å²) >= 11 is 0. The van der Waals surface area contributed by atoms with E-state index >= 15 is 0 Å². The van der Waals surface area contributed by atoms with Crippen LogP contribution >= 0.6 is 0 Å². The molecule has 6 heteroatoms. The monoisotopic (exact) mass is 234 g/mol. The van der Waals surface area contributed by atoms with Crippen molar-refractivity contribution in [2.24, 2.45) is 0 Å². The molecule has 2 rings (SSSR count). The SMILES string of the molecule is Nc1cc([N+](=O)[O-])ccc1OCc1ccco1. The van der Waals surface area contributed by atoms with Gasteiger partial charge in [-0.3, -0.25) is 10.1 Å². The highest BCUT2D eigenvalue weighted by atomic mass is 16.6. The van der Waals surface area contributed by atoms with Crippen LogP contribution < -0.4 is 10.5 Å². The quantitative estimate of drug-likeness (QED) is 0.498. The first-order valence-corrected chi connectivity index (χ1v) is 4.86. The third-order valence-electron chi connectivity index (χ3n) is 2.15. The van der Waals surface area contributed by atoms with Crippen molar-refractivity contribution in [1.29, 1.82) is 0 Å². The zero-order valence-corrected chi connectivity index (χ0v) is 8.83. The summed E-state index contributed by atoms with van der Waals surface area (Å²) in [7, 11) is 0. The molecule has 0 fully saturated rings. The molecule has 0 radical (unpaired) electrons. The average molecular weight is 234 g/mol. The van der Waals surface area contributed by atoms with E-state index in [1.165, 1.54) is 24.5 Å². The highest BCUT2D eigenvalue weighted by Crippen LogP contribution is 2.26. The molecule has 2 aromatic rings. The maximum Gasteiger partial charge on any atom is 0.271 e.